The van der Waals surface area contributed by atoms with E-state index >= 15 is 0 Å². The third kappa shape index (κ3) is 7.26. The highest BCUT2D eigenvalue weighted by Crippen LogP contribution is 2.33. The first kappa shape index (κ1) is 28.7. The van der Waals surface area contributed by atoms with E-state index in [1.165, 1.54) is 18.6 Å². The summed E-state index contributed by atoms with van der Waals surface area (Å²) in [5.74, 6) is -1.75. The second-order valence-corrected chi connectivity index (χ2v) is 10.9. The Balaban J connectivity index is 1.34. The molecule has 1 aliphatic carbocycles. The second-order valence-electron chi connectivity index (χ2n) is 10.9. The third-order valence-electron chi connectivity index (χ3n) is 7.78. The van der Waals surface area contributed by atoms with Gasteiger partial charge in [0.2, 0.25) is 17.7 Å². The third-order valence-corrected chi connectivity index (χ3v) is 7.78. The van der Waals surface area contributed by atoms with E-state index in [0.717, 1.165) is 29.2 Å². The first-order valence-electron chi connectivity index (χ1n) is 14.2. The number of nitrogens with one attached hydrogen (secondary N) is 4. The number of amides is 4. The molecule has 11 heteroatoms. The van der Waals surface area contributed by atoms with E-state index in [0.29, 0.717) is 19.4 Å². The summed E-state index contributed by atoms with van der Waals surface area (Å²) in [7, 11) is 0. The van der Waals surface area contributed by atoms with Gasteiger partial charge < -0.3 is 21.3 Å². The number of carbonyl (C=O) groups is 4. The highest BCUT2D eigenvalue weighted by Gasteiger charge is 2.35. The minimum Gasteiger partial charge on any atom is -0.356 e. The van der Waals surface area contributed by atoms with Crippen LogP contribution in [0.4, 0.5) is 0 Å². The van der Waals surface area contributed by atoms with Crippen molar-refractivity contribution in [2.45, 2.75) is 56.7 Å². The highest BCUT2D eigenvalue weighted by molar-refractivity contribution is 5.97. The molecule has 1 aliphatic heterocycles. The van der Waals surface area contributed by atoms with Crippen LogP contribution >= 0.6 is 0 Å². The van der Waals surface area contributed by atoms with Gasteiger partial charge in [-0.15, -0.1) is 0 Å². The monoisotopic (exact) mass is 567 g/mol. The molecular formula is C31H33N7O4. The van der Waals surface area contributed by atoms with E-state index in [9.17, 15) is 24.4 Å². The molecule has 1 saturated heterocycles. The smallest absolute Gasteiger partial charge is 0.272 e. The number of rotatable bonds is 12. The number of benzene rings is 2. The van der Waals surface area contributed by atoms with Crippen LogP contribution in [0.5, 0.6) is 0 Å². The van der Waals surface area contributed by atoms with Gasteiger partial charge in [-0.05, 0) is 41.5 Å². The predicted octanol–water partition coefficient (Wildman–Crippen LogP) is 1.79. The molecule has 1 saturated carbocycles. The largest absolute Gasteiger partial charge is 0.356 e. The molecule has 11 nitrogen and oxygen atoms in total. The molecule has 3 aromatic rings. The maximum atomic E-state index is 13.8. The van der Waals surface area contributed by atoms with Crippen molar-refractivity contribution >= 4 is 34.4 Å². The number of hydrogen-bond donors (Lipinski definition) is 4. The number of carbonyl (C=O) groups excluding carboxylic acids is 4. The Morgan fingerprint density at radius 3 is 2.45 bits per heavy atom. The fraction of sp³-hybridized carbons (Fsp3) is 0.387. The first-order chi connectivity index (χ1) is 20.4. The maximum Gasteiger partial charge on any atom is 0.272 e. The summed E-state index contributed by atoms with van der Waals surface area (Å²) in [4.78, 5) is 60.2. The Kier molecular flexibility index (Phi) is 9.02. The summed E-state index contributed by atoms with van der Waals surface area (Å²) >= 11 is 0. The molecule has 0 spiro atoms. The molecular weight excluding hydrogens is 534 g/mol. The van der Waals surface area contributed by atoms with Gasteiger partial charge in [-0.1, -0.05) is 55.3 Å². The van der Waals surface area contributed by atoms with Crippen molar-refractivity contribution in [1.29, 1.82) is 5.26 Å². The lowest BCUT2D eigenvalue weighted by Crippen LogP contribution is -2.55. The summed E-state index contributed by atoms with van der Waals surface area (Å²) in [6.45, 7) is 0.550. The van der Waals surface area contributed by atoms with Crippen LogP contribution in [0.15, 0.2) is 61.1 Å². The van der Waals surface area contributed by atoms with Crippen LogP contribution in [-0.2, 0) is 20.8 Å². The average molecular weight is 568 g/mol. The molecule has 216 valence electrons. The zero-order valence-corrected chi connectivity index (χ0v) is 23.1. The SMILES string of the molecule is N#C[C@H](C[C@@H]1CCNC1=O)NC(=O)[C@H](CC1CC1)NC(=O)[C@H](Cc1cccc2ccccc12)NC(=O)c1cnccn1. The molecule has 2 aliphatic rings. The normalized spacial score (nSPS) is 18.3. The molecule has 0 unspecified atom stereocenters. The van der Waals surface area contributed by atoms with Crippen LogP contribution in [0.2, 0.25) is 0 Å². The summed E-state index contributed by atoms with van der Waals surface area (Å²) in [6, 6.07) is 12.8. The number of nitrogens with zero attached hydrogens (tertiary/aromatic N) is 3. The van der Waals surface area contributed by atoms with Gasteiger partial charge in [0.1, 0.15) is 23.8 Å². The molecule has 0 radical (unpaired) electrons. The van der Waals surface area contributed by atoms with Crippen LogP contribution in [0, 0.1) is 23.2 Å². The first-order valence-corrected chi connectivity index (χ1v) is 14.2. The molecule has 2 fully saturated rings. The number of aromatic nitrogens is 2. The molecule has 2 heterocycles. The Morgan fingerprint density at radius 1 is 0.952 bits per heavy atom. The van der Waals surface area contributed by atoms with Crippen LogP contribution in [-0.4, -0.2) is 58.3 Å². The fourth-order valence-corrected chi connectivity index (χ4v) is 5.31. The zero-order valence-electron chi connectivity index (χ0n) is 23.1. The molecule has 2 aromatic carbocycles. The van der Waals surface area contributed by atoms with Crippen LogP contribution < -0.4 is 21.3 Å². The summed E-state index contributed by atoms with van der Waals surface area (Å²) in [5, 5.41) is 22.7. The van der Waals surface area contributed by atoms with Gasteiger partial charge in [-0.2, -0.15) is 5.26 Å². The molecule has 42 heavy (non-hydrogen) atoms. The van der Waals surface area contributed by atoms with Gasteiger partial charge in [0.25, 0.3) is 5.91 Å². The van der Waals surface area contributed by atoms with Crippen molar-refractivity contribution in [2.24, 2.45) is 11.8 Å². The summed E-state index contributed by atoms with van der Waals surface area (Å²) in [5.41, 5.74) is 0.920. The summed E-state index contributed by atoms with van der Waals surface area (Å²) in [6.07, 6.45) is 7.47. The van der Waals surface area contributed by atoms with Gasteiger partial charge in [-0.3, -0.25) is 24.2 Å². The van der Waals surface area contributed by atoms with Gasteiger partial charge in [-0.25, -0.2) is 4.98 Å². The van der Waals surface area contributed by atoms with E-state index < -0.39 is 35.8 Å². The van der Waals surface area contributed by atoms with Crippen molar-refractivity contribution in [3.05, 3.63) is 72.3 Å². The lowest BCUT2D eigenvalue weighted by molar-refractivity contribution is -0.130. The van der Waals surface area contributed by atoms with Gasteiger partial charge in [0, 0.05) is 31.3 Å². The van der Waals surface area contributed by atoms with E-state index in [4.69, 9.17) is 0 Å². The number of hydrogen-bond acceptors (Lipinski definition) is 7. The van der Waals surface area contributed by atoms with Crippen LogP contribution in [0.3, 0.4) is 0 Å². The Hall–Kier alpha value is -4.85. The van der Waals surface area contributed by atoms with Gasteiger partial charge >= 0.3 is 0 Å². The standard InChI is InChI=1S/C31H33N7O4/c32-17-23(15-22-10-11-35-28(22)39)36-29(40)25(14-19-8-9-19)37-30(41)26(38-31(42)27-18-33-12-13-34-27)16-21-6-3-5-20-4-1-2-7-24(20)21/h1-7,12-13,18-19,22-23,25-26H,8-11,14-16H2,(H,35,39)(H,36,40)(H,37,41)(H,38,42)/t22-,23-,25-,26-/m0/s1. The lowest BCUT2D eigenvalue weighted by atomic mass is 9.97. The van der Waals surface area contributed by atoms with Crippen molar-refractivity contribution in [3.8, 4) is 6.07 Å². The Bertz CT molecular complexity index is 1500. The van der Waals surface area contributed by atoms with E-state index in [-0.39, 0.29) is 36.3 Å². The topological polar surface area (TPSA) is 166 Å². The maximum absolute atomic E-state index is 13.8. The Labute approximate surface area is 243 Å². The van der Waals surface area contributed by atoms with E-state index in [1.54, 1.807) is 0 Å². The number of nitriles is 1. The number of fused-ring (bicyclic) bond motifs is 1. The molecule has 1 aromatic heterocycles. The minimum absolute atomic E-state index is 0.0632. The quantitative estimate of drug-likeness (QED) is 0.259. The van der Waals surface area contributed by atoms with Crippen molar-refractivity contribution in [2.75, 3.05) is 6.54 Å². The van der Waals surface area contributed by atoms with Crippen molar-refractivity contribution < 1.29 is 19.2 Å². The van der Waals surface area contributed by atoms with E-state index in [2.05, 4.69) is 37.3 Å². The molecule has 4 N–H and O–H groups in total. The van der Waals surface area contributed by atoms with Gasteiger partial charge in [0.15, 0.2) is 0 Å². The molecule has 5 rings (SSSR count). The van der Waals surface area contributed by atoms with Gasteiger partial charge in [0.05, 0.1) is 12.3 Å². The second kappa shape index (κ2) is 13.2. The average Bonchev–Trinajstić information content (AvgIpc) is 3.75. The van der Waals surface area contributed by atoms with E-state index in [1.807, 2.05) is 42.5 Å². The lowest BCUT2D eigenvalue weighted by Gasteiger charge is -2.25. The minimum atomic E-state index is -1.02. The molecule has 4 amide bonds. The van der Waals surface area contributed by atoms with Crippen molar-refractivity contribution in [3.63, 3.8) is 0 Å². The van der Waals surface area contributed by atoms with Crippen LogP contribution in [0.1, 0.15) is 48.2 Å². The Morgan fingerprint density at radius 2 is 1.74 bits per heavy atom. The van der Waals surface area contributed by atoms with Crippen LogP contribution in [0.25, 0.3) is 10.8 Å². The molecule has 0 bridgehead atoms. The zero-order chi connectivity index (χ0) is 29.5. The summed E-state index contributed by atoms with van der Waals surface area (Å²) < 4.78 is 0. The highest BCUT2D eigenvalue weighted by atomic mass is 16.2. The fourth-order valence-electron chi connectivity index (χ4n) is 5.31. The predicted molar refractivity (Wildman–Crippen MR) is 153 cm³/mol. The van der Waals surface area contributed by atoms with Crippen molar-refractivity contribution in [1.82, 2.24) is 31.2 Å². The molecule has 4 atom stereocenters.